The third-order valence-corrected chi connectivity index (χ3v) is 8.49. The Morgan fingerprint density at radius 2 is 1.55 bits per heavy atom. The largest absolute Gasteiger partial charge is 0.326 e. The molecule has 1 N–H and O–H groups in total. The fraction of sp³-hybridized carbons (Fsp3) is 0.391. The number of carbonyl (C=O) groups is 2. The summed E-state index contributed by atoms with van der Waals surface area (Å²) in [5.41, 5.74) is 0.536. The van der Waals surface area contributed by atoms with Crippen LogP contribution in [0.3, 0.4) is 0 Å². The molecule has 6 heteroatoms. The maximum atomic E-state index is 13.4. The Balaban J connectivity index is 1.52. The molecule has 0 aromatic heterocycles. The van der Waals surface area contributed by atoms with Gasteiger partial charge < -0.3 is 5.32 Å². The van der Waals surface area contributed by atoms with Crippen molar-refractivity contribution >= 4 is 44.7 Å². The summed E-state index contributed by atoms with van der Waals surface area (Å²) < 4.78 is 0. The van der Waals surface area contributed by atoms with Gasteiger partial charge in [0.15, 0.2) is 5.78 Å². The minimum absolute atomic E-state index is 0.0994. The molecule has 2 fully saturated rings. The molecule has 4 rings (SSSR count). The summed E-state index contributed by atoms with van der Waals surface area (Å²) in [4.78, 5) is 25.8. The number of hydrogen-bond donors (Lipinski definition) is 1. The highest BCUT2D eigenvalue weighted by Crippen LogP contribution is 2.72. The van der Waals surface area contributed by atoms with Crippen molar-refractivity contribution in [1.82, 2.24) is 0 Å². The zero-order chi connectivity index (χ0) is 20.9. The SMILES string of the molecule is CC1(C)[C@]2(C(=O)Nc3ccc(N=Nc4ccccc4)cc3)CC[C@]1(C)C(=O)[C@H]2Br. The lowest BCUT2D eigenvalue weighted by atomic mass is 9.64. The van der Waals surface area contributed by atoms with Crippen LogP contribution in [0.25, 0.3) is 0 Å². The Kier molecular flexibility index (Phi) is 4.73. The van der Waals surface area contributed by atoms with Crippen molar-refractivity contribution in [3.8, 4) is 0 Å². The maximum absolute atomic E-state index is 13.4. The zero-order valence-corrected chi connectivity index (χ0v) is 18.4. The molecule has 2 aromatic rings. The van der Waals surface area contributed by atoms with Gasteiger partial charge in [0.1, 0.15) is 0 Å². The number of amides is 1. The number of azo groups is 1. The predicted molar refractivity (Wildman–Crippen MR) is 117 cm³/mol. The van der Waals surface area contributed by atoms with Crippen LogP contribution in [0.15, 0.2) is 64.8 Å². The number of hydrogen-bond acceptors (Lipinski definition) is 4. The minimum Gasteiger partial charge on any atom is -0.326 e. The molecule has 2 saturated carbocycles. The molecule has 0 radical (unpaired) electrons. The molecule has 0 unspecified atom stereocenters. The van der Waals surface area contributed by atoms with Crippen molar-refractivity contribution in [2.75, 3.05) is 5.32 Å². The van der Waals surface area contributed by atoms with E-state index in [2.05, 4.69) is 31.5 Å². The highest BCUT2D eigenvalue weighted by atomic mass is 79.9. The number of ketones is 1. The molecule has 0 saturated heterocycles. The van der Waals surface area contributed by atoms with Crippen LogP contribution >= 0.6 is 15.9 Å². The molecule has 5 nitrogen and oxygen atoms in total. The molecule has 3 atom stereocenters. The number of anilines is 1. The fourth-order valence-electron chi connectivity index (χ4n) is 4.92. The van der Waals surface area contributed by atoms with E-state index in [-0.39, 0.29) is 11.7 Å². The number of rotatable bonds is 4. The number of nitrogens with zero attached hydrogens (tertiary/aromatic N) is 2. The summed E-state index contributed by atoms with van der Waals surface area (Å²) in [6, 6.07) is 16.8. The second-order valence-electron chi connectivity index (χ2n) is 8.69. The molecular weight excluding hydrogens is 430 g/mol. The number of nitrogens with one attached hydrogen (secondary N) is 1. The first-order valence-electron chi connectivity index (χ1n) is 9.79. The summed E-state index contributed by atoms with van der Waals surface area (Å²) >= 11 is 3.56. The monoisotopic (exact) mass is 453 g/mol. The van der Waals surface area contributed by atoms with E-state index in [1.54, 1.807) is 0 Å². The molecule has 2 bridgehead atoms. The minimum atomic E-state index is -0.746. The van der Waals surface area contributed by atoms with Gasteiger partial charge >= 0.3 is 0 Å². The molecule has 2 aliphatic rings. The third kappa shape index (κ3) is 2.80. The van der Waals surface area contributed by atoms with Crippen LogP contribution < -0.4 is 5.32 Å². The number of carbonyl (C=O) groups excluding carboxylic acids is 2. The smallest absolute Gasteiger partial charge is 0.232 e. The molecule has 150 valence electrons. The molecule has 0 aliphatic heterocycles. The van der Waals surface area contributed by atoms with Gasteiger partial charge in [0, 0.05) is 11.1 Å². The Hall–Kier alpha value is -2.34. The van der Waals surface area contributed by atoms with Crippen LogP contribution in [0.2, 0.25) is 0 Å². The van der Waals surface area contributed by atoms with Crippen molar-refractivity contribution in [3.05, 3.63) is 54.6 Å². The first kappa shape index (κ1) is 20.0. The summed E-state index contributed by atoms with van der Waals surface area (Å²) in [5.74, 6) is 0.0400. The van der Waals surface area contributed by atoms with Crippen molar-refractivity contribution in [1.29, 1.82) is 0 Å². The lowest BCUT2D eigenvalue weighted by Crippen LogP contribution is -2.47. The van der Waals surface area contributed by atoms with Crippen molar-refractivity contribution in [2.24, 2.45) is 26.5 Å². The summed E-state index contributed by atoms with van der Waals surface area (Å²) in [6.45, 7) is 6.09. The average Bonchev–Trinajstić information content (AvgIpc) is 2.99. The summed E-state index contributed by atoms with van der Waals surface area (Å²) in [5, 5.41) is 11.5. The van der Waals surface area contributed by atoms with Crippen molar-refractivity contribution in [2.45, 2.75) is 38.4 Å². The molecule has 2 aliphatic carbocycles. The lowest BCUT2D eigenvalue weighted by Gasteiger charge is -2.39. The lowest BCUT2D eigenvalue weighted by molar-refractivity contribution is -0.130. The standard InChI is InChI=1S/C23H24BrN3O2/c1-21(2)22(3)13-14-23(21,18(24)19(22)28)20(29)25-15-9-11-17(12-10-15)27-26-16-7-5-4-6-8-16/h4-12,18H,13-14H2,1-3H3,(H,25,29)/t18-,22-,23-/m1/s1. The van der Waals surface area contributed by atoms with Crippen LogP contribution in [0.1, 0.15) is 33.6 Å². The van der Waals surface area contributed by atoms with Gasteiger partial charge in [-0.25, -0.2) is 0 Å². The van der Waals surface area contributed by atoms with E-state index in [1.807, 2.05) is 75.4 Å². The quantitative estimate of drug-likeness (QED) is 0.442. The average molecular weight is 454 g/mol. The van der Waals surface area contributed by atoms with E-state index in [4.69, 9.17) is 0 Å². The predicted octanol–water partition coefficient (Wildman–Crippen LogP) is 6.20. The Labute approximate surface area is 179 Å². The summed E-state index contributed by atoms with van der Waals surface area (Å²) in [6.07, 6.45) is 1.44. The van der Waals surface area contributed by atoms with Crippen LogP contribution in [-0.2, 0) is 9.59 Å². The number of fused-ring (bicyclic) bond motifs is 2. The molecule has 2 aromatic carbocycles. The first-order valence-corrected chi connectivity index (χ1v) is 10.7. The van der Waals surface area contributed by atoms with Gasteiger partial charge in [-0.15, -0.1) is 0 Å². The highest BCUT2D eigenvalue weighted by Gasteiger charge is 2.76. The first-order chi connectivity index (χ1) is 13.7. The van der Waals surface area contributed by atoms with Gasteiger partial charge in [-0.2, -0.15) is 10.2 Å². The molecule has 29 heavy (non-hydrogen) atoms. The van der Waals surface area contributed by atoms with E-state index < -0.39 is 21.1 Å². The fourth-order valence-corrected chi connectivity index (χ4v) is 6.43. The van der Waals surface area contributed by atoms with Gasteiger partial charge in [0.05, 0.1) is 21.6 Å². The van der Waals surface area contributed by atoms with Gasteiger partial charge in [-0.3, -0.25) is 9.59 Å². The Bertz CT molecular complexity index is 987. The Morgan fingerprint density at radius 3 is 2.10 bits per heavy atom. The van der Waals surface area contributed by atoms with E-state index >= 15 is 0 Å². The molecular formula is C23H24BrN3O2. The second-order valence-corrected chi connectivity index (χ2v) is 9.61. The van der Waals surface area contributed by atoms with Crippen molar-refractivity contribution in [3.63, 3.8) is 0 Å². The number of Topliss-reactive ketones (excluding diaryl/α,β-unsaturated/α-hetero) is 1. The van der Waals surface area contributed by atoms with Gasteiger partial charge in [0.25, 0.3) is 0 Å². The van der Waals surface area contributed by atoms with E-state index in [1.165, 1.54) is 0 Å². The molecule has 0 heterocycles. The van der Waals surface area contributed by atoms with Crippen LogP contribution in [0.4, 0.5) is 17.1 Å². The number of alkyl halides is 1. The molecule has 1 amide bonds. The van der Waals surface area contributed by atoms with E-state index in [0.717, 1.165) is 12.1 Å². The maximum Gasteiger partial charge on any atom is 0.232 e. The number of halogens is 1. The van der Waals surface area contributed by atoms with Gasteiger partial charge in [-0.05, 0) is 54.7 Å². The van der Waals surface area contributed by atoms with Crippen LogP contribution in [0, 0.1) is 16.2 Å². The molecule has 0 spiro atoms. The van der Waals surface area contributed by atoms with Crippen LogP contribution in [0.5, 0.6) is 0 Å². The van der Waals surface area contributed by atoms with Crippen LogP contribution in [-0.4, -0.2) is 16.5 Å². The Morgan fingerprint density at radius 1 is 0.966 bits per heavy atom. The highest BCUT2D eigenvalue weighted by molar-refractivity contribution is 9.10. The summed E-state index contributed by atoms with van der Waals surface area (Å²) in [7, 11) is 0. The number of benzene rings is 2. The van der Waals surface area contributed by atoms with Gasteiger partial charge in [-0.1, -0.05) is 54.9 Å². The van der Waals surface area contributed by atoms with E-state index in [9.17, 15) is 9.59 Å². The van der Waals surface area contributed by atoms with Crippen molar-refractivity contribution < 1.29 is 9.59 Å². The normalized spacial score (nSPS) is 30.1. The second kappa shape index (κ2) is 6.87. The third-order valence-electron chi connectivity index (χ3n) is 7.29. The van der Waals surface area contributed by atoms with Gasteiger partial charge in [0.2, 0.25) is 5.91 Å². The zero-order valence-electron chi connectivity index (χ0n) is 16.8. The van der Waals surface area contributed by atoms with E-state index in [0.29, 0.717) is 17.8 Å². The topological polar surface area (TPSA) is 70.9 Å².